The Morgan fingerprint density at radius 1 is 1.10 bits per heavy atom. The summed E-state index contributed by atoms with van der Waals surface area (Å²) in [6.07, 6.45) is 4.93. The number of methoxy groups -OCH3 is 1. The second kappa shape index (κ2) is 8.13. The van der Waals surface area contributed by atoms with E-state index < -0.39 is 0 Å². The monoisotopic (exact) mass is 394 g/mol. The van der Waals surface area contributed by atoms with Crippen LogP contribution in [-0.2, 0) is 7.05 Å². The van der Waals surface area contributed by atoms with Crippen LogP contribution in [0.1, 0.15) is 10.4 Å². The molecular weight excluding hydrogens is 372 g/mol. The number of carbonyl (C=O) groups excluding carboxylic acids is 1. The minimum atomic E-state index is -0.0743. The van der Waals surface area contributed by atoms with E-state index in [1.54, 1.807) is 24.1 Å². The van der Waals surface area contributed by atoms with Gasteiger partial charge in [-0.2, -0.15) is 0 Å². The molecule has 1 aliphatic rings. The van der Waals surface area contributed by atoms with Crippen molar-refractivity contribution in [3.05, 3.63) is 48.5 Å². The maximum Gasteiger partial charge on any atom is 0.261 e. The molecule has 0 unspecified atom stereocenters. The Hall–Kier alpha value is -3.69. The van der Waals surface area contributed by atoms with Crippen molar-refractivity contribution in [1.82, 2.24) is 29.6 Å². The summed E-state index contributed by atoms with van der Waals surface area (Å²) >= 11 is 0. The summed E-state index contributed by atoms with van der Waals surface area (Å²) in [5.74, 6) is 2.48. The lowest BCUT2D eigenvalue weighted by atomic mass is 10.2. The number of rotatable bonds is 5. The first-order valence-electron chi connectivity index (χ1n) is 9.26. The number of nitrogens with zero attached hydrogens (tertiary/aromatic N) is 7. The smallest absolute Gasteiger partial charge is 0.261 e. The molecule has 29 heavy (non-hydrogen) atoms. The lowest BCUT2D eigenvalue weighted by Gasteiger charge is -2.35. The Balaban J connectivity index is 1.40. The van der Waals surface area contributed by atoms with Crippen LogP contribution in [0.5, 0.6) is 5.88 Å². The summed E-state index contributed by atoms with van der Waals surface area (Å²) in [7, 11) is 3.28. The summed E-state index contributed by atoms with van der Waals surface area (Å²) in [6, 6.07) is 7.53. The van der Waals surface area contributed by atoms with Gasteiger partial charge in [0.1, 0.15) is 29.3 Å². The topological polar surface area (TPSA) is 101 Å². The Kier molecular flexibility index (Phi) is 5.23. The molecule has 1 fully saturated rings. The number of pyridine rings is 1. The highest BCUT2D eigenvalue weighted by Gasteiger charge is 2.26. The van der Waals surface area contributed by atoms with Crippen molar-refractivity contribution < 1.29 is 9.53 Å². The molecule has 1 amide bonds. The molecule has 10 nitrogen and oxygen atoms in total. The van der Waals surface area contributed by atoms with E-state index in [4.69, 9.17) is 4.74 Å². The van der Waals surface area contributed by atoms with Crippen LogP contribution in [0.2, 0.25) is 0 Å². The number of piperazine rings is 1. The molecule has 0 aliphatic carbocycles. The molecule has 3 aromatic rings. The maximum absolute atomic E-state index is 12.8. The Labute approximate surface area is 168 Å². The number of ether oxygens (including phenoxy) is 1. The molecule has 10 heteroatoms. The van der Waals surface area contributed by atoms with Gasteiger partial charge in [-0.1, -0.05) is 6.07 Å². The van der Waals surface area contributed by atoms with E-state index in [1.165, 1.54) is 13.4 Å². The van der Waals surface area contributed by atoms with Crippen LogP contribution in [0.4, 0.5) is 17.5 Å². The third-order valence-corrected chi connectivity index (χ3v) is 4.68. The van der Waals surface area contributed by atoms with Crippen LogP contribution < -0.4 is 15.0 Å². The summed E-state index contributed by atoms with van der Waals surface area (Å²) in [5.41, 5.74) is 0.479. The van der Waals surface area contributed by atoms with Gasteiger partial charge in [-0.3, -0.25) is 9.48 Å². The number of anilines is 3. The maximum atomic E-state index is 12.8. The first-order chi connectivity index (χ1) is 14.1. The van der Waals surface area contributed by atoms with E-state index in [-0.39, 0.29) is 5.91 Å². The second-order valence-corrected chi connectivity index (χ2v) is 6.61. The molecule has 0 aromatic carbocycles. The van der Waals surface area contributed by atoms with Gasteiger partial charge in [-0.15, -0.1) is 5.10 Å². The lowest BCUT2D eigenvalue weighted by molar-refractivity contribution is 0.0743. The fourth-order valence-corrected chi connectivity index (χ4v) is 3.23. The molecule has 0 spiro atoms. The lowest BCUT2D eigenvalue weighted by Crippen LogP contribution is -2.49. The molecule has 0 saturated carbocycles. The van der Waals surface area contributed by atoms with Crippen LogP contribution in [0.3, 0.4) is 0 Å². The fraction of sp³-hybridized carbons (Fsp3) is 0.316. The van der Waals surface area contributed by atoms with Gasteiger partial charge in [-0.25, -0.2) is 15.0 Å². The Bertz CT molecular complexity index is 983. The van der Waals surface area contributed by atoms with Crippen LogP contribution in [-0.4, -0.2) is 68.8 Å². The van der Waals surface area contributed by atoms with Crippen molar-refractivity contribution in [1.29, 1.82) is 0 Å². The van der Waals surface area contributed by atoms with Gasteiger partial charge in [0, 0.05) is 51.7 Å². The molecule has 150 valence electrons. The SMILES string of the molecule is COc1nn(C)cc1C(=O)N1CCN(c2cc(Nc3ccccn3)ncn2)CC1. The van der Waals surface area contributed by atoms with Crippen LogP contribution in [0.15, 0.2) is 43.0 Å². The van der Waals surface area contributed by atoms with Crippen LogP contribution >= 0.6 is 0 Å². The zero-order chi connectivity index (χ0) is 20.2. The quantitative estimate of drug-likeness (QED) is 0.691. The number of carbonyl (C=O) groups is 1. The standard InChI is InChI=1S/C19H22N8O2/c1-25-12-14(18(24-25)29-2)19(28)27-9-7-26(8-10-27)17-11-16(21-13-22-17)23-15-5-3-4-6-20-15/h3-6,11-13H,7-10H2,1-2H3,(H,20,21,22,23). The van der Waals surface area contributed by atoms with E-state index >= 15 is 0 Å². The third kappa shape index (κ3) is 4.10. The largest absolute Gasteiger partial charge is 0.479 e. The van der Waals surface area contributed by atoms with E-state index in [0.717, 1.165) is 11.6 Å². The van der Waals surface area contributed by atoms with Gasteiger partial charge in [0.2, 0.25) is 5.88 Å². The van der Waals surface area contributed by atoms with E-state index in [9.17, 15) is 4.79 Å². The number of aromatic nitrogens is 5. The minimum absolute atomic E-state index is 0.0743. The molecule has 0 atom stereocenters. The predicted molar refractivity (Wildman–Crippen MR) is 107 cm³/mol. The van der Waals surface area contributed by atoms with Crippen LogP contribution in [0.25, 0.3) is 0 Å². The van der Waals surface area contributed by atoms with Gasteiger partial charge >= 0.3 is 0 Å². The Morgan fingerprint density at radius 3 is 2.66 bits per heavy atom. The zero-order valence-electron chi connectivity index (χ0n) is 16.3. The van der Waals surface area contributed by atoms with Crippen molar-refractivity contribution in [2.75, 3.05) is 43.5 Å². The van der Waals surface area contributed by atoms with Crippen molar-refractivity contribution in [2.24, 2.45) is 7.05 Å². The highest BCUT2D eigenvalue weighted by atomic mass is 16.5. The van der Waals surface area contributed by atoms with Gasteiger partial charge in [-0.05, 0) is 12.1 Å². The summed E-state index contributed by atoms with van der Waals surface area (Å²) in [6.45, 7) is 2.52. The highest BCUT2D eigenvalue weighted by Crippen LogP contribution is 2.21. The average molecular weight is 394 g/mol. The van der Waals surface area contributed by atoms with Crippen LogP contribution in [0, 0.1) is 0 Å². The van der Waals surface area contributed by atoms with Gasteiger partial charge in [0.05, 0.1) is 7.11 Å². The van der Waals surface area contributed by atoms with Gasteiger partial charge < -0.3 is 19.9 Å². The number of hydrogen-bond acceptors (Lipinski definition) is 8. The van der Waals surface area contributed by atoms with Crippen molar-refractivity contribution in [3.63, 3.8) is 0 Å². The molecule has 4 rings (SSSR count). The van der Waals surface area contributed by atoms with Gasteiger partial charge in [0.15, 0.2) is 0 Å². The number of aryl methyl sites for hydroxylation is 1. The van der Waals surface area contributed by atoms with E-state index in [2.05, 4.69) is 30.3 Å². The molecular formula is C19H22N8O2. The zero-order valence-corrected chi connectivity index (χ0v) is 16.3. The second-order valence-electron chi connectivity index (χ2n) is 6.61. The third-order valence-electron chi connectivity index (χ3n) is 4.68. The first-order valence-corrected chi connectivity index (χ1v) is 9.26. The molecule has 1 N–H and O–H groups in total. The van der Waals surface area contributed by atoms with Crippen molar-refractivity contribution in [2.45, 2.75) is 0 Å². The van der Waals surface area contributed by atoms with Gasteiger partial charge in [0.25, 0.3) is 5.91 Å². The molecule has 1 aliphatic heterocycles. The number of nitrogens with one attached hydrogen (secondary N) is 1. The molecule has 0 bridgehead atoms. The fourth-order valence-electron chi connectivity index (χ4n) is 3.23. The van der Waals surface area contributed by atoms with E-state index in [0.29, 0.717) is 43.4 Å². The predicted octanol–water partition coefficient (Wildman–Crippen LogP) is 1.32. The van der Waals surface area contributed by atoms with E-state index in [1.807, 2.05) is 29.2 Å². The first kappa shape index (κ1) is 18.7. The molecule has 4 heterocycles. The Morgan fingerprint density at radius 2 is 1.93 bits per heavy atom. The van der Waals surface area contributed by atoms with Crippen molar-refractivity contribution >= 4 is 23.4 Å². The summed E-state index contributed by atoms with van der Waals surface area (Å²) < 4.78 is 6.79. The molecule has 3 aromatic heterocycles. The summed E-state index contributed by atoms with van der Waals surface area (Å²) in [4.78, 5) is 29.7. The number of amides is 1. The van der Waals surface area contributed by atoms with Crippen molar-refractivity contribution in [3.8, 4) is 5.88 Å². The average Bonchev–Trinajstić information content (AvgIpc) is 3.15. The highest BCUT2D eigenvalue weighted by molar-refractivity contribution is 5.96. The molecule has 1 saturated heterocycles. The number of hydrogen-bond donors (Lipinski definition) is 1. The molecule has 0 radical (unpaired) electrons. The minimum Gasteiger partial charge on any atom is -0.479 e. The summed E-state index contributed by atoms with van der Waals surface area (Å²) in [5, 5.41) is 7.33. The normalized spacial score (nSPS) is 14.0.